The van der Waals surface area contributed by atoms with Crippen molar-refractivity contribution < 1.29 is 17.9 Å². The van der Waals surface area contributed by atoms with Crippen molar-refractivity contribution in [3.63, 3.8) is 0 Å². The summed E-state index contributed by atoms with van der Waals surface area (Å²) in [6, 6.07) is 31.2. The summed E-state index contributed by atoms with van der Waals surface area (Å²) in [5, 5.41) is 3.59. The van der Waals surface area contributed by atoms with Crippen molar-refractivity contribution in [2.75, 3.05) is 17.1 Å². The number of benzene rings is 4. The number of carbonyl (C=O) groups is 1. The maximum absolute atomic E-state index is 12.6. The first-order valence-electron chi connectivity index (χ1n) is 12.1. The zero-order chi connectivity index (χ0) is 27.0. The lowest BCUT2D eigenvalue weighted by molar-refractivity contribution is 0.0954. The fourth-order valence-corrected chi connectivity index (χ4v) is 4.86. The van der Waals surface area contributed by atoms with Gasteiger partial charge in [0.05, 0.1) is 18.5 Å². The van der Waals surface area contributed by atoms with E-state index in [1.807, 2.05) is 54.6 Å². The minimum absolute atomic E-state index is 0.140. The average molecular weight is 549 g/mol. The topological polar surface area (TPSA) is 75.7 Å². The first-order valence-corrected chi connectivity index (χ1v) is 14.4. The highest BCUT2D eigenvalue weighted by molar-refractivity contribution is 7.92. The number of anilines is 1. The summed E-state index contributed by atoms with van der Waals surface area (Å²) >= 11 is 5.91. The van der Waals surface area contributed by atoms with Crippen LogP contribution in [0.4, 0.5) is 5.69 Å². The molecule has 4 rings (SSSR count). The normalized spacial score (nSPS) is 11.1. The first-order chi connectivity index (χ1) is 18.3. The van der Waals surface area contributed by atoms with Crippen LogP contribution in [0.5, 0.6) is 5.75 Å². The van der Waals surface area contributed by atoms with E-state index in [9.17, 15) is 13.2 Å². The third kappa shape index (κ3) is 7.84. The van der Waals surface area contributed by atoms with Gasteiger partial charge in [-0.05, 0) is 71.6 Å². The molecule has 0 heterocycles. The van der Waals surface area contributed by atoms with E-state index in [0.717, 1.165) is 16.7 Å². The van der Waals surface area contributed by atoms with Crippen LogP contribution in [-0.4, -0.2) is 27.1 Å². The van der Waals surface area contributed by atoms with E-state index in [2.05, 4.69) is 5.32 Å². The molecule has 0 spiro atoms. The van der Waals surface area contributed by atoms with Gasteiger partial charge in [0.25, 0.3) is 5.91 Å². The van der Waals surface area contributed by atoms with Crippen LogP contribution in [0.15, 0.2) is 103 Å². The minimum Gasteiger partial charge on any atom is -0.489 e. The van der Waals surface area contributed by atoms with E-state index in [1.54, 1.807) is 48.5 Å². The molecule has 0 saturated carbocycles. The summed E-state index contributed by atoms with van der Waals surface area (Å²) < 4.78 is 32.3. The number of sulfonamides is 1. The monoisotopic (exact) mass is 548 g/mol. The molecular formula is C30H29ClN2O4S. The molecule has 0 atom stereocenters. The van der Waals surface area contributed by atoms with Crippen molar-refractivity contribution in [3.8, 4) is 5.75 Å². The van der Waals surface area contributed by atoms with Gasteiger partial charge in [-0.15, -0.1) is 0 Å². The van der Waals surface area contributed by atoms with Crippen LogP contribution in [0.2, 0.25) is 5.02 Å². The number of halogens is 1. The highest BCUT2D eigenvalue weighted by Gasteiger charge is 2.18. The second-order valence-electron chi connectivity index (χ2n) is 8.87. The summed E-state index contributed by atoms with van der Waals surface area (Å²) in [4.78, 5) is 12.5. The van der Waals surface area contributed by atoms with Crippen LogP contribution in [-0.2, 0) is 29.6 Å². The largest absolute Gasteiger partial charge is 0.489 e. The van der Waals surface area contributed by atoms with Gasteiger partial charge < -0.3 is 10.1 Å². The molecule has 0 fully saturated rings. The van der Waals surface area contributed by atoms with Gasteiger partial charge in [-0.2, -0.15) is 0 Å². The molecule has 4 aromatic carbocycles. The number of hydrogen-bond donors (Lipinski definition) is 1. The second kappa shape index (κ2) is 12.6. The van der Waals surface area contributed by atoms with E-state index in [1.165, 1.54) is 10.6 Å². The average Bonchev–Trinajstić information content (AvgIpc) is 2.92. The molecule has 1 amide bonds. The van der Waals surface area contributed by atoms with E-state index >= 15 is 0 Å². The highest BCUT2D eigenvalue weighted by Crippen LogP contribution is 2.24. The molecule has 0 radical (unpaired) electrons. The molecule has 0 saturated heterocycles. The Labute approximate surface area is 228 Å². The predicted octanol–water partition coefficient (Wildman–Crippen LogP) is 5.86. The van der Waals surface area contributed by atoms with Crippen LogP contribution >= 0.6 is 11.6 Å². The van der Waals surface area contributed by atoms with E-state index in [4.69, 9.17) is 16.3 Å². The number of ether oxygens (including phenoxy) is 1. The van der Waals surface area contributed by atoms with Crippen molar-refractivity contribution in [1.29, 1.82) is 0 Å². The van der Waals surface area contributed by atoms with Gasteiger partial charge in [-0.25, -0.2) is 8.42 Å². The van der Waals surface area contributed by atoms with Gasteiger partial charge >= 0.3 is 0 Å². The summed E-state index contributed by atoms with van der Waals surface area (Å²) in [7, 11) is -3.55. The van der Waals surface area contributed by atoms with E-state index in [-0.39, 0.29) is 12.5 Å². The zero-order valence-corrected chi connectivity index (χ0v) is 22.6. The van der Waals surface area contributed by atoms with Gasteiger partial charge in [0.2, 0.25) is 10.0 Å². The smallest absolute Gasteiger partial charge is 0.251 e. The van der Waals surface area contributed by atoms with Crippen molar-refractivity contribution in [2.24, 2.45) is 0 Å². The van der Waals surface area contributed by atoms with Crippen LogP contribution in [0.3, 0.4) is 0 Å². The van der Waals surface area contributed by atoms with Gasteiger partial charge in [-0.3, -0.25) is 9.10 Å². The summed E-state index contributed by atoms with van der Waals surface area (Å²) in [6.07, 6.45) is 1.87. The molecular weight excluding hydrogens is 520 g/mol. The molecule has 196 valence electrons. The number of amides is 1. The Morgan fingerprint density at radius 2 is 1.45 bits per heavy atom. The fourth-order valence-electron chi connectivity index (χ4n) is 3.85. The lowest BCUT2D eigenvalue weighted by Gasteiger charge is -2.23. The lowest BCUT2D eigenvalue weighted by Crippen LogP contribution is -2.29. The molecule has 1 N–H and O–H groups in total. The number of rotatable bonds is 11. The van der Waals surface area contributed by atoms with Crippen molar-refractivity contribution >= 4 is 33.2 Å². The summed E-state index contributed by atoms with van der Waals surface area (Å²) in [5.41, 5.74) is 3.94. The second-order valence-corrected chi connectivity index (χ2v) is 11.2. The Bertz CT molecular complexity index is 1440. The van der Waals surface area contributed by atoms with Crippen LogP contribution in [0.1, 0.15) is 27.0 Å². The Kier molecular flexibility index (Phi) is 9.05. The van der Waals surface area contributed by atoms with Crippen molar-refractivity contribution in [2.45, 2.75) is 19.6 Å². The molecule has 6 nitrogen and oxygen atoms in total. The maximum Gasteiger partial charge on any atom is 0.251 e. The standard InChI is InChI=1S/C30H29ClN2O4S/c1-38(35,36)33(28-15-17-29(18-16-28)37-22-25-5-3-2-4-6-25)21-24-7-11-26(12-8-24)30(34)32-20-19-23-9-13-27(31)14-10-23/h2-18H,19-22H2,1H3,(H,32,34). The van der Waals surface area contributed by atoms with Gasteiger partial charge in [-0.1, -0.05) is 66.2 Å². The molecule has 0 aliphatic heterocycles. The summed E-state index contributed by atoms with van der Waals surface area (Å²) in [6.45, 7) is 1.06. The highest BCUT2D eigenvalue weighted by atomic mass is 35.5. The maximum atomic E-state index is 12.6. The Balaban J connectivity index is 1.35. The van der Waals surface area contributed by atoms with Crippen LogP contribution < -0.4 is 14.4 Å². The molecule has 0 aliphatic rings. The molecule has 0 bridgehead atoms. The molecule has 0 unspecified atom stereocenters. The third-order valence-corrected chi connectivity index (χ3v) is 7.32. The predicted molar refractivity (Wildman–Crippen MR) is 152 cm³/mol. The van der Waals surface area contributed by atoms with E-state index < -0.39 is 10.0 Å². The van der Waals surface area contributed by atoms with Gasteiger partial charge in [0.15, 0.2) is 0 Å². The SMILES string of the molecule is CS(=O)(=O)N(Cc1ccc(C(=O)NCCc2ccc(Cl)cc2)cc1)c1ccc(OCc2ccccc2)cc1. The zero-order valence-electron chi connectivity index (χ0n) is 21.0. The first kappa shape index (κ1) is 27.2. The number of hydrogen-bond acceptors (Lipinski definition) is 4. The van der Waals surface area contributed by atoms with Gasteiger partial charge in [0.1, 0.15) is 12.4 Å². The molecule has 0 aromatic heterocycles. The van der Waals surface area contributed by atoms with E-state index in [0.29, 0.717) is 41.6 Å². The van der Waals surface area contributed by atoms with Crippen LogP contribution in [0, 0.1) is 0 Å². The minimum atomic E-state index is -3.55. The summed E-state index contributed by atoms with van der Waals surface area (Å²) in [5.74, 6) is 0.467. The number of nitrogens with one attached hydrogen (secondary N) is 1. The number of nitrogens with zero attached hydrogens (tertiary/aromatic N) is 1. The molecule has 0 aliphatic carbocycles. The van der Waals surface area contributed by atoms with Crippen LogP contribution in [0.25, 0.3) is 0 Å². The third-order valence-electron chi connectivity index (χ3n) is 5.93. The molecule has 8 heteroatoms. The number of carbonyl (C=O) groups excluding carboxylic acids is 1. The van der Waals surface area contributed by atoms with Crippen molar-refractivity contribution in [1.82, 2.24) is 5.32 Å². The molecule has 38 heavy (non-hydrogen) atoms. The quantitative estimate of drug-likeness (QED) is 0.255. The van der Waals surface area contributed by atoms with Gasteiger partial charge in [0, 0.05) is 17.1 Å². The Morgan fingerprint density at radius 1 is 0.816 bits per heavy atom. The lowest BCUT2D eigenvalue weighted by atomic mass is 10.1. The van der Waals surface area contributed by atoms with Crippen molar-refractivity contribution in [3.05, 3.63) is 130 Å². The molecule has 4 aromatic rings. The fraction of sp³-hybridized carbons (Fsp3) is 0.167. The Morgan fingerprint density at radius 3 is 2.08 bits per heavy atom. The Hall–Kier alpha value is -3.81.